The minimum atomic E-state index is -0.874. The predicted molar refractivity (Wildman–Crippen MR) is 127 cm³/mol. The third-order valence-corrected chi connectivity index (χ3v) is 6.33. The van der Waals surface area contributed by atoms with Crippen molar-refractivity contribution in [3.05, 3.63) is 45.2 Å². The second kappa shape index (κ2) is 7.04. The van der Waals surface area contributed by atoms with Crippen LogP contribution >= 0.6 is 22.6 Å². The van der Waals surface area contributed by atoms with E-state index in [0.29, 0.717) is 17.5 Å². The van der Waals surface area contributed by atoms with Gasteiger partial charge in [-0.05, 0) is 61.1 Å². The van der Waals surface area contributed by atoms with Crippen molar-refractivity contribution < 1.29 is 8.78 Å². The van der Waals surface area contributed by atoms with Gasteiger partial charge in [-0.3, -0.25) is 15.7 Å². The average Bonchev–Trinajstić information content (AvgIpc) is 3.03. The Morgan fingerprint density at radius 3 is 2.60 bits per heavy atom. The quantitative estimate of drug-likeness (QED) is 0.179. The highest BCUT2D eigenvalue weighted by Crippen LogP contribution is 2.45. The van der Waals surface area contributed by atoms with Gasteiger partial charge < -0.3 is 10.3 Å². The maximum Gasteiger partial charge on any atom is 0.160 e. The van der Waals surface area contributed by atoms with Gasteiger partial charge >= 0.3 is 0 Å². The fraction of sp³-hybridized carbons (Fsp3) is 0.273. The molecule has 0 atom stereocenters. The summed E-state index contributed by atoms with van der Waals surface area (Å²) < 4.78 is 32.3. The minimum Gasteiger partial charge on any atom is -0.371 e. The van der Waals surface area contributed by atoms with Crippen LogP contribution in [0.25, 0.3) is 22.0 Å². The molecular weight excluding hydrogens is 499 g/mol. The molecular formula is C22H22F2IN5. The van der Waals surface area contributed by atoms with Crippen molar-refractivity contribution in [2.75, 3.05) is 10.2 Å². The maximum absolute atomic E-state index is 16.0. The second-order valence-corrected chi connectivity index (χ2v) is 9.21. The van der Waals surface area contributed by atoms with Crippen molar-refractivity contribution in [2.45, 2.75) is 39.7 Å². The van der Waals surface area contributed by atoms with E-state index >= 15 is 8.78 Å². The van der Waals surface area contributed by atoms with E-state index < -0.39 is 17.2 Å². The van der Waals surface area contributed by atoms with E-state index in [1.54, 1.807) is 33.0 Å². The first kappa shape index (κ1) is 20.8. The van der Waals surface area contributed by atoms with E-state index in [-0.39, 0.29) is 28.6 Å². The lowest BCUT2D eigenvalue weighted by molar-refractivity contribution is 0.587. The third kappa shape index (κ3) is 3.00. The number of halogens is 3. The van der Waals surface area contributed by atoms with Gasteiger partial charge in [0.15, 0.2) is 5.82 Å². The number of anilines is 2. The smallest absolute Gasteiger partial charge is 0.160 e. The summed E-state index contributed by atoms with van der Waals surface area (Å²) >= 11 is 2.19. The molecule has 5 nitrogen and oxygen atoms in total. The second-order valence-electron chi connectivity index (χ2n) is 8.05. The van der Waals surface area contributed by atoms with Gasteiger partial charge in [0.05, 0.1) is 22.3 Å². The summed E-state index contributed by atoms with van der Waals surface area (Å²) in [7, 11) is 0. The molecule has 156 valence electrons. The molecule has 4 N–H and O–H groups in total. The topological polar surface area (TPSA) is 78.8 Å². The molecule has 0 saturated heterocycles. The van der Waals surface area contributed by atoms with E-state index in [0.717, 1.165) is 14.5 Å². The first-order valence-corrected chi connectivity index (χ1v) is 10.7. The molecule has 30 heavy (non-hydrogen) atoms. The number of aryl methyl sites for hydroxylation is 1. The highest BCUT2D eigenvalue weighted by atomic mass is 127. The minimum absolute atomic E-state index is 0.0125. The number of H-pyrrole nitrogens is 1. The molecule has 0 unspecified atom stereocenters. The summed E-state index contributed by atoms with van der Waals surface area (Å²) in [4.78, 5) is 4.42. The Labute approximate surface area is 187 Å². The predicted octanol–water partition coefficient (Wildman–Crippen LogP) is 6.40. The monoisotopic (exact) mass is 521 g/mol. The fourth-order valence-corrected chi connectivity index (χ4v) is 4.51. The summed E-state index contributed by atoms with van der Waals surface area (Å²) in [5.41, 5.74) is 1.17. The summed E-state index contributed by atoms with van der Waals surface area (Å²) in [5.74, 6) is -1.35. The zero-order chi connectivity index (χ0) is 22.0. The molecule has 1 aliphatic rings. The molecule has 0 radical (unpaired) electrons. The van der Waals surface area contributed by atoms with E-state index in [2.05, 4.69) is 32.9 Å². The van der Waals surface area contributed by atoms with Gasteiger partial charge in [-0.25, -0.2) is 8.78 Å². The number of hydrogen-bond acceptors (Lipinski definition) is 3. The Balaban J connectivity index is 2.06. The molecule has 0 spiro atoms. The molecule has 1 aliphatic heterocycles. The standard InChI is InChI=1S/C22H22F2IN5/c1-5-16(26)30-20-15(29-22(3,4)21(30)27)8-13(23)17(18(20)24)12-7-10(2)6-11-14(25)9-28-19(11)12/h6-9,26-29H,5H2,1-4H3. The van der Waals surface area contributed by atoms with Crippen LogP contribution in [0.2, 0.25) is 0 Å². The highest BCUT2D eigenvalue weighted by molar-refractivity contribution is 14.1. The Hall–Kier alpha value is -2.49. The van der Waals surface area contributed by atoms with Gasteiger partial charge in [0.1, 0.15) is 23.2 Å². The molecule has 4 rings (SSSR count). The molecule has 2 aromatic carbocycles. The average molecular weight is 521 g/mol. The Morgan fingerprint density at radius 1 is 1.23 bits per heavy atom. The van der Waals surface area contributed by atoms with Crippen molar-refractivity contribution >= 4 is 56.5 Å². The van der Waals surface area contributed by atoms with E-state index in [1.165, 1.54) is 11.0 Å². The SMILES string of the molecule is CCC(=N)N1C(=N)C(C)(C)Nc2cc(F)c(-c3cc(C)cc4c(I)c[nH]c34)c(F)c21. The van der Waals surface area contributed by atoms with Crippen LogP contribution in [0.3, 0.4) is 0 Å². The number of rotatable bonds is 2. The molecule has 1 aromatic heterocycles. The lowest BCUT2D eigenvalue weighted by Crippen LogP contribution is -2.55. The number of benzene rings is 2. The van der Waals surface area contributed by atoms with Crippen LogP contribution in [0.5, 0.6) is 0 Å². The zero-order valence-corrected chi connectivity index (χ0v) is 19.3. The normalized spacial score (nSPS) is 15.3. The van der Waals surface area contributed by atoms with Crippen molar-refractivity contribution in [1.82, 2.24) is 4.98 Å². The molecule has 2 heterocycles. The first-order chi connectivity index (χ1) is 14.1. The van der Waals surface area contributed by atoms with Crippen molar-refractivity contribution in [3.8, 4) is 11.1 Å². The van der Waals surface area contributed by atoms with Crippen LogP contribution in [-0.2, 0) is 0 Å². The van der Waals surface area contributed by atoms with Crippen molar-refractivity contribution in [2.24, 2.45) is 0 Å². The van der Waals surface area contributed by atoms with Gasteiger partial charge in [-0.1, -0.05) is 6.92 Å². The molecule has 0 bridgehead atoms. The Kier molecular flexibility index (Phi) is 4.87. The number of hydrogen-bond donors (Lipinski definition) is 4. The van der Waals surface area contributed by atoms with Gasteiger partial charge in [0.25, 0.3) is 0 Å². The zero-order valence-electron chi connectivity index (χ0n) is 17.1. The summed E-state index contributed by atoms with van der Waals surface area (Å²) in [5, 5.41) is 20.9. The van der Waals surface area contributed by atoms with Gasteiger partial charge in [0, 0.05) is 33.2 Å². The van der Waals surface area contributed by atoms with Crippen molar-refractivity contribution in [1.29, 1.82) is 10.8 Å². The molecule has 3 aromatic rings. The van der Waals surface area contributed by atoms with Crippen LogP contribution in [0.1, 0.15) is 32.8 Å². The third-order valence-electron chi connectivity index (χ3n) is 5.44. The van der Waals surface area contributed by atoms with Crippen LogP contribution in [-0.4, -0.2) is 22.2 Å². The summed E-state index contributed by atoms with van der Waals surface area (Å²) in [6.07, 6.45) is 2.12. The fourth-order valence-electron chi connectivity index (χ4n) is 3.93. The van der Waals surface area contributed by atoms with Crippen LogP contribution < -0.4 is 10.2 Å². The first-order valence-electron chi connectivity index (χ1n) is 9.61. The molecule has 8 heteroatoms. The van der Waals surface area contributed by atoms with E-state index in [9.17, 15) is 0 Å². The summed E-state index contributed by atoms with van der Waals surface area (Å²) in [6, 6.07) is 4.99. The molecule has 0 saturated carbocycles. The van der Waals surface area contributed by atoms with Crippen LogP contribution in [0, 0.1) is 32.9 Å². The lowest BCUT2D eigenvalue weighted by atomic mass is 9.93. The van der Waals surface area contributed by atoms with Crippen LogP contribution in [0.4, 0.5) is 20.2 Å². The molecule has 0 amide bonds. The van der Waals surface area contributed by atoms with Gasteiger partial charge in [-0.15, -0.1) is 0 Å². The Bertz CT molecular complexity index is 1230. The molecule has 0 aliphatic carbocycles. The lowest BCUT2D eigenvalue weighted by Gasteiger charge is -2.42. The number of aromatic amines is 1. The maximum atomic E-state index is 16.0. The Morgan fingerprint density at radius 2 is 1.93 bits per heavy atom. The number of aromatic nitrogens is 1. The highest BCUT2D eigenvalue weighted by Gasteiger charge is 2.40. The van der Waals surface area contributed by atoms with Crippen LogP contribution in [0.15, 0.2) is 24.4 Å². The number of nitrogens with one attached hydrogen (secondary N) is 4. The van der Waals surface area contributed by atoms with E-state index in [1.807, 2.05) is 13.0 Å². The number of fused-ring (bicyclic) bond motifs is 2. The van der Waals surface area contributed by atoms with Crippen molar-refractivity contribution in [3.63, 3.8) is 0 Å². The number of amidine groups is 2. The number of nitrogens with zero attached hydrogens (tertiary/aromatic N) is 1. The van der Waals surface area contributed by atoms with Gasteiger partial charge in [0.2, 0.25) is 0 Å². The van der Waals surface area contributed by atoms with Gasteiger partial charge in [-0.2, -0.15) is 0 Å². The largest absolute Gasteiger partial charge is 0.371 e. The summed E-state index contributed by atoms with van der Waals surface area (Å²) in [6.45, 7) is 7.17. The molecule has 0 fully saturated rings. The van der Waals surface area contributed by atoms with E-state index in [4.69, 9.17) is 10.8 Å².